The number of ether oxygens (including phenoxy) is 2. The lowest BCUT2D eigenvalue weighted by molar-refractivity contribution is -0.290. The first-order chi connectivity index (χ1) is 16.5. The van der Waals surface area contributed by atoms with Crippen molar-refractivity contribution in [1.29, 1.82) is 0 Å². The number of nitrogens with one attached hydrogen (secondary N) is 1. The molecule has 3 unspecified atom stereocenters. The van der Waals surface area contributed by atoms with E-state index in [9.17, 15) is 19.7 Å². The van der Waals surface area contributed by atoms with Crippen LogP contribution in [0.25, 0.3) is 10.9 Å². The van der Waals surface area contributed by atoms with Gasteiger partial charge >= 0.3 is 0 Å². The van der Waals surface area contributed by atoms with Gasteiger partial charge in [0.05, 0.1) is 12.1 Å². The van der Waals surface area contributed by atoms with Crippen LogP contribution in [0.5, 0.6) is 5.88 Å². The van der Waals surface area contributed by atoms with Crippen molar-refractivity contribution in [3.8, 4) is 5.88 Å². The van der Waals surface area contributed by atoms with Crippen LogP contribution in [0.3, 0.4) is 0 Å². The molecule has 0 saturated heterocycles. The number of hydrogen-bond donors (Lipinski definition) is 4. The molecule has 0 radical (unpaired) electrons. The highest BCUT2D eigenvalue weighted by Gasteiger charge is 2.27. The van der Waals surface area contributed by atoms with Gasteiger partial charge in [-0.15, -0.1) is 10.2 Å². The van der Waals surface area contributed by atoms with Crippen molar-refractivity contribution in [2.75, 3.05) is 5.32 Å². The van der Waals surface area contributed by atoms with E-state index in [1.165, 1.54) is 29.7 Å². The molecule has 1 heterocycles. The number of aromatic hydroxyl groups is 1. The summed E-state index contributed by atoms with van der Waals surface area (Å²) in [6, 6.07) is 13.0. The van der Waals surface area contributed by atoms with Crippen LogP contribution in [0, 0.1) is 11.2 Å². The Kier molecular flexibility index (Phi) is 8.51. The number of aliphatic hydroxyl groups excluding tert-OH is 2. The standard InChI is InChI=1S/C24H29FN4O5S/c1-14(34-22(32)24(2,3)4)33-19(30)13-29-18-11-10-15(25)12-17(18)20(21(29)31)27-28-23(35)26-16-8-6-5-7-9-16/h5-12,14,19,22,30-32H,13H2,1-4H3,(H,26,35). The van der Waals surface area contributed by atoms with Crippen molar-refractivity contribution in [2.24, 2.45) is 15.6 Å². The molecule has 0 amide bonds. The molecule has 0 aliphatic heterocycles. The molecule has 9 nitrogen and oxygen atoms in total. The highest BCUT2D eigenvalue weighted by Crippen LogP contribution is 2.39. The highest BCUT2D eigenvalue weighted by molar-refractivity contribution is 7.80. The number of aliphatic hydroxyl groups is 2. The molecular weight excluding hydrogens is 475 g/mol. The van der Waals surface area contributed by atoms with Gasteiger partial charge in [-0.3, -0.25) is 0 Å². The fourth-order valence-corrected chi connectivity index (χ4v) is 3.34. The normalized spacial score (nSPS) is 14.8. The van der Waals surface area contributed by atoms with Crippen LogP contribution < -0.4 is 5.32 Å². The van der Waals surface area contributed by atoms with Crippen molar-refractivity contribution in [2.45, 2.75) is 53.1 Å². The number of benzene rings is 2. The average molecular weight is 505 g/mol. The third-order valence-electron chi connectivity index (χ3n) is 4.99. The number of anilines is 1. The Morgan fingerprint density at radius 3 is 2.49 bits per heavy atom. The minimum Gasteiger partial charge on any atom is -0.493 e. The molecule has 0 saturated carbocycles. The zero-order chi connectivity index (χ0) is 25.8. The maximum Gasteiger partial charge on any atom is 0.220 e. The van der Waals surface area contributed by atoms with E-state index in [0.717, 1.165) is 0 Å². The van der Waals surface area contributed by atoms with Crippen molar-refractivity contribution < 1.29 is 29.2 Å². The van der Waals surface area contributed by atoms with Crippen LogP contribution in [-0.4, -0.2) is 43.9 Å². The second-order valence-electron chi connectivity index (χ2n) is 8.95. The minimum absolute atomic E-state index is 0.0173. The van der Waals surface area contributed by atoms with Crippen LogP contribution in [0.2, 0.25) is 0 Å². The second kappa shape index (κ2) is 11.2. The molecule has 11 heteroatoms. The highest BCUT2D eigenvalue weighted by atomic mass is 32.1. The van der Waals surface area contributed by atoms with Crippen molar-refractivity contribution in [3.05, 3.63) is 54.3 Å². The Morgan fingerprint density at radius 1 is 1.14 bits per heavy atom. The molecule has 3 aromatic rings. The second-order valence-corrected chi connectivity index (χ2v) is 9.34. The Hall–Kier alpha value is -2.96. The number of thiocarbonyl (C=S) groups is 1. The topological polar surface area (TPSA) is 121 Å². The molecule has 4 N–H and O–H groups in total. The van der Waals surface area contributed by atoms with Gasteiger partial charge in [-0.1, -0.05) is 39.0 Å². The van der Waals surface area contributed by atoms with Crippen molar-refractivity contribution in [3.63, 3.8) is 0 Å². The maximum absolute atomic E-state index is 14.0. The molecular formula is C24H29FN4O5S. The Balaban J connectivity index is 1.79. The lowest BCUT2D eigenvalue weighted by Gasteiger charge is -2.29. The van der Waals surface area contributed by atoms with Gasteiger partial charge in [0.25, 0.3) is 0 Å². The first kappa shape index (κ1) is 26.6. The predicted molar refractivity (Wildman–Crippen MR) is 134 cm³/mol. The number of azo groups is 1. The number of halogens is 1. The zero-order valence-corrected chi connectivity index (χ0v) is 20.7. The average Bonchev–Trinajstić information content (AvgIpc) is 3.02. The Bertz CT molecular complexity index is 1200. The zero-order valence-electron chi connectivity index (χ0n) is 19.8. The van der Waals surface area contributed by atoms with Crippen LogP contribution in [0.15, 0.2) is 58.8 Å². The molecule has 0 aliphatic carbocycles. The summed E-state index contributed by atoms with van der Waals surface area (Å²) < 4.78 is 26.1. The van der Waals surface area contributed by atoms with E-state index in [-0.39, 0.29) is 28.6 Å². The summed E-state index contributed by atoms with van der Waals surface area (Å²) in [5, 5.41) is 42.5. The summed E-state index contributed by atoms with van der Waals surface area (Å²) in [4.78, 5) is 0. The van der Waals surface area contributed by atoms with E-state index in [1.54, 1.807) is 32.9 Å². The van der Waals surface area contributed by atoms with E-state index in [2.05, 4.69) is 15.5 Å². The largest absolute Gasteiger partial charge is 0.493 e. The summed E-state index contributed by atoms with van der Waals surface area (Å²) in [5.41, 5.74) is 0.543. The predicted octanol–water partition coefficient (Wildman–Crippen LogP) is 5.03. The van der Waals surface area contributed by atoms with Gasteiger partial charge in [0.1, 0.15) is 5.82 Å². The third kappa shape index (κ3) is 7.03. The summed E-state index contributed by atoms with van der Waals surface area (Å²) in [6.07, 6.45) is -3.48. The molecule has 2 aromatic carbocycles. The lowest BCUT2D eigenvalue weighted by atomic mass is 9.96. The van der Waals surface area contributed by atoms with Gasteiger partial charge < -0.3 is 34.7 Å². The summed E-state index contributed by atoms with van der Waals surface area (Å²) >= 11 is 5.18. The van der Waals surface area contributed by atoms with Gasteiger partial charge in [-0.2, -0.15) is 0 Å². The van der Waals surface area contributed by atoms with Crippen LogP contribution in [0.4, 0.5) is 15.8 Å². The maximum atomic E-state index is 14.0. The number of rotatable bonds is 8. The quantitative estimate of drug-likeness (QED) is 0.193. The third-order valence-corrected chi connectivity index (χ3v) is 5.17. The Morgan fingerprint density at radius 2 is 1.83 bits per heavy atom. The number of fused-ring (bicyclic) bond motifs is 1. The van der Waals surface area contributed by atoms with Gasteiger partial charge in [0.2, 0.25) is 11.0 Å². The number of hydrogen-bond acceptors (Lipinski definition) is 7. The summed E-state index contributed by atoms with van der Waals surface area (Å²) in [5.74, 6) is -0.895. The molecule has 3 rings (SSSR count). The molecule has 35 heavy (non-hydrogen) atoms. The van der Waals surface area contributed by atoms with E-state index < -0.39 is 30.1 Å². The first-order valence-electron chi connectivity index (χ1n) is 10.9. The van der Waals surface area contributed by atoms with Crippen molar-refractivity contribution in [1.82, 2.24) is 4.57 Å². The van der Waals surface area contributed by atoms with Gasteiger partial charge in [0, 0.05) is 16.5 Å². The van der Waals surface area contributed by atoms with Crippen LogP contribution >= 0.6 is 12.2 Å². The molecule has 0 spiro atoms. The smallest absolute Gasteiger partial charge is 0.220 e. The van der Waals surface area contributed by atoms with Crippen molar-refractivity contribution >= 4 is 39.6 Å². The molecule has 0 bridgehead atoms. The van der Waals surface area contributed by atoms with Gasteiger partial charge in [0.15, 0.2) is 24.6 Å². The van der Waals surface area contributed by atoms with Gasteiger partial charge in [-0.05, 0) is 49.5 Å². The molecule has 3 atom stereocenters. The molecule has 1 aromatic heterocycles. The number of nitrogens with zero attached hydrogens (tertiary/aromatic N) is 3. The minimum atomic E-state index is -1.42. The molecule has 0 aliphatic rings. The summed E-state index contributed by atoms with van der Waals surface area (Å²) in [7, 11) is 0. The number of aromatic nitrogens is 1. The molecule has 0 fully saturated rings. The first-order valence-corrected chi connectivity index (χ1v) is 11.3. The summed E-state index contributed by atoms with van der Waals surface area (Å²) in [6.45, 7) is 6.68. The fourth-order valence-electron chi connectivity index (χ4n) is 3.18. The van der Waals surface area contributed by atoms with E-state index in [4.69, 9.17) is 21.7 Å². The fraction of sp³-hybridized carbons (Fsp3) is 0.375. The van der Waals surface area contributed by atoms with Gasteiger partial charge in [-0.25, -0.2) is 4.39 Å². The van der Waals surface area contributed by atoms with E-state index in [0.29, 0.717) is 11.2 Å². The SMILES string of the molecule is CC(OC(O)Cn1c(O)c(N=NC(=S)Nc2ccccc2)c2cc(F)ccc21)OC(O)C(C)(C)C. The lowest BCUT2D eigenvalue weighted by Crippen LogP contribution is -2.35. The van der Waals surface area contributed by atoms with E-state index >= 15 is 0 Å². The van der Waals surface area contributed by atoms with Crippen LogP contribution in [-0.2, 0) is 16.0 Å². The molecule has 188 valence electrons. The Labute approximate surface area is 207 Å². The van der Waals surface area contributed by atoms with E-state index in [1.807, 2.05) is 18.2 Å². The monoisotopic (exact) mass is 504 g/mol. The number of para-hydroxylation sites is 1. The van der Waals surface area contributed by atoms with Crippen LogP contribution in [0.1, 0.15) is 27.7 Å².